The Balaban J connectivity index is 1.95. The molecule has 0 bridgehead atoms. The van der Waals surface area contributed by atoms with Gasteiger partial charge < -0.3 is 19.7 Å². The average molecular weight is 230 g/mol. The van der Waals surface area contributed by atoms with Gasteiger partial charge in [0.2, 0.25) is 0 Å². The van der Waals surface area contributed by atoms with Crippen LogP contribution in [0.4, 0.5) is 0 Å². The number of hydrogen-bond donors (Lipinski definition) is 1. The van der Waals surface area contributed by atoms with Crippen molar-refractivity contribution >= 4 is 0 Å². The van der Waals surface area contributed by atoms with Crippen molar-refractivity contribution in [2.24, 2.45) is 0 Å². The van der Waals surface area contributed by atoms with Crippen molar-refractivity contribution < 1.29 is 9.47 Å². The van der Waals surface area contributed by atoms with Crippen molar-refractivity contribution in [3.05, 3.63) is 0 Å². The molecule has 0 aromatic rings. The summed E-state index contributed by atoms with van der Waals surface area (Å²) < 4.78 is 10.4. The SMILES string of the molecule is COCCOCCCN1CCNC(C)CC1. The molecule has 16 heavy (non-hydrogen) atoms. The number of ether oxygens (including phenoxy) is 2. The van der Waals surface area contributed by atoms with Crippen LogP contribution in [0.2, 0.25) is 0 Å². The molecule has 1 saturated heterocycles. The standard InChI is InChI=1S/C12H26N2O2/c1-12-4-7-14(8-5-13-12)6-3-9-16-11-10-15-2/h12-13H,3-11H2,1-2H3. The molecule has 4 heteroatoms. The van der Waals surface area contributed by atoms with Crippen LogP contribution in [-0.4, -0.2) is 64.1 Å². The van der Waals surface area contributed by atoms with Crippen molar-refractivity contribution in [1.82, 2.24) is 10.2 Å². The zero-order valence-corrected chi connectivity index (χ0v) is 10.7. The Morgan fingerprint density at radius 2 is 2.12 bits per heavy atom. The van der Waals surface area contributed by atoms with Crippen LogP contribution in [0.1, 0.15) is 19.8 Å². The maximum atomic E-state index is 5.45. The maximum absolute atomic E-state index is 5.45. The smallest absolute Gasteiger partial charge is 0.0700 e. The number of hydrogen-bond acceptors (Lipinski definition) is 4. The summed E-state index contributed by atoms with van der Waals surface area (Å²) in [6, 6.07) is 0.669. The van der Waals surface area contributed by atoms with Gasteiger partial charge in [0.15, 0.2) is 0 Å². The fourth-order valence-electron chi connectivity index (χ4n) is 1.92. The fraction of sp³-hybridized carbons (Fsp3) is 1.00. The predicted octanol–water partition coefficient (Wildman–Crippen LogP) is 0.723. The van der Waals surface area contributed by atoms with Crippen LogP contribution in [0.3, 0.4) is 0 Å². The first-order valence-electron chi connectivity index (χ1n) is 6.35. The molecule has 1 unspecified atom stereocenters. The Hall–Kier alpha value is -0.160. The molecule has 1 atom stereocenters. The van der Waals surface area contributed by atoms with E-state index in [2.05, 4.69) is 17.1 Å². The van der Waals surface area contributed by atoms with E-state index in [9.17, 15) is 0 Å². The molecule has 0 spiro atoms. The zero-order chi connectivity index (χ0) is 11.6. The lowest BCUT2D eigenvalue weighted by Gasteiger charge is -2.19. The van der Waals surface area contributed by atoms with E-state index in [1.807, 2.05) is 0 Å². The van der Waals surface area contributed by atoms with Gasteiger partial charge in [0.25, 0.3) is 0 Å². The lowest BCUT2D eigenvalue weighted by atomic mass is 10.2. The molecular weight excluding hydrogens is 204 g/mol. The third-order valence-electron chi connectivity index (χ3n) is 2.99. The van der Waals surface area contributed by atoms with Gasteiger partial charge in [0, 0.05) is 39.4 Å². The van der Waals surface area contributed by atoms with E-state index in [1.54, 1.807) is 7.11 Å². The van der Waals surface area contributed by atoms with E-state index < -0.39 is 0 Å². The molecule has 0 saturated carbocycles. The van der Waals surface area contributed by atoms with Crippen LogP contribution in [0.15, 0.2) is 0 Å². The number of rotatable bonds is 7. The van der Waals surface area contributed by atoms with Gasteiger partial charge >= 0.3 is 0 Å². The molecule has 1 N–H and O–H groups in total. The van der Waals surface area contributed by atoms with Gasteiger partial charge in [-0.2, -0.15) is 0 Å². The number of nitrogens with one attached hydrogen (secondary N) is 1. The van der Waals surface area contributed by atoms with Gasteiger partial charge in [-0.15, -0.1) is 0 Å². The van der Waals surface area contributed by atoms with E-state index in [4.69, 9.17) is 9.47 Å². The van der Waals surface area contributed by atoms with Crippen LogP contribution in [0, 0.1) is 0 Å². The first kappa shape index (κ1) is 13.9. The summed E-state index contributed by atoms with van der Waals surface area (Å²) in [5, 5.41) is 3.50. The minimum atomic E-state index is 0.669. The Labute approximate surface area is 99.3 Å². The molecule has 0 radical (unpaired) electrons. The lowest BCUT2D eigenvalue weighted by molar-refractivity contribution is 0.0655. The van der Waals surface area contributed by atoms with Gasteiger partial charge in [-0.05, 0) is 26.3 Å². The third kappa shape index (κ3) is 6.43. The molecule has 0 aliphatic carbocycles. The van der Waals surface area contributed by atoms with Crippen LogP contribution >= 0.6 is 0 Å². The summed E-state index contributed by atoms with van der Waals surface area (Å²) in [7, 11) is 1.70. The Morgan fingerprint density at radius 3 is 2.94 bits per heavy atom. The molecule has 1 fully saturated rings. The Morgan fingerprint density at radius 1 is 1.25 bits per heavy atom. The molecular formula is C12H26N2O2. The first-order valence-corrected chi connectivity index (χ1v) is 6.35. The van der Waals surface area contributed by atoms with Crippen LogP contribution in [-0.2, 0) is 9.47 Å². The summed E-state index contributed by atoms with van der Waals surface area (Å²) >= 11 is 0. The summed E-state index contributed by atoms with van der Waals surface area (Å²) in [5.74, 6) is 0. The van der Waals surface area contributed by atoms with E-state index in [0.717, 1.165) is 32.7 Å². The second-order valence-corrected chi connectivity index (χ2v) is 4.44. The second-order valence-electron chi connectivity index (χ2n) is 4.44. The van der Waals surface area contributed by atoms with Gasteiger partial charge in [0.1, 0.15) is 0 Å². The molecule has 0 amide bonds. The van der Waals surface area contributed by atoms with Crippen molar-refractivity contribution in [3.63, 3.8) is 0 Å². The normalized spacial score (nSPS) is 23.2. The average Bonchev–Trinajstić information content (AvgIpc) is 2.49. The van der Waals surface area contributed by atoms with Crippen molar-refractivity contribution in [2.75, 3.05) is 53.1 Å². The van der Waals surface area contributed by atoms with Crippen LogP contribution in [0.5, 0.6) is 0 Å². The van der Waals surface area contributed by atoms with Gasteiger partial charge in [-0.3, -0.25) is 0 Å². The van der Waals surface area contributed by atoms with Gasteiger partial charge in [0.05, 0.1) is 13.2 Å². The highest BCUT2D eigenvalue weighted by Crippen LogP contribution is 2.01. The second kappa shape index (κ2) is 8.93. The maximum Gasteiger partial charge on any atom is 0.0700 e. The molecule has 1 aliphatic heterocycles. The lowest BCUT2D eigenvalue weighted by Crippen LogP contribution is -2.30. The first-order chi connectivity index (χ1) is 7.83. The van der Waals surface area contributed by atoms with E-state index in [-0.39, 0.29) is 0 Å². The fourth-order valence-corrected chi connectivity index (χ4v) is 1.92. The largest absolute Gasteiger partial charge is 0.382 e. The molecule has 4 nitrogen and oxygen atoms in total. The molecule has 0 aromatic heterocycles. The zero-order valence-electron chi connectivity index (χ0n) is 10.7. The third-order valence-corrected chi connectivity index (χ3v) is 2.99. The Bertz CT molecular complexity index is 167. The molecule has 96 valence electrons. The van der Waals surface area contributed by atoms with E-state index in [0.29, 0.717) is 12.6 Å². The summed E-state index contributed by atoms with van der Waals surface area (Å²) in [5.41, 5.74) is 0. The van der Waals surface area contributed by atoms with Crippen molar-refractivity contribution in [3.8, 4) is 0 Å². The summed E-state index contributed by atoms with van der Waals surface area (Å²) in [4.78, 5) is 2.52. The summed E-state index contributed by atoms with van der Waals surface area (Å²) in [6.07, 6.45) is 2.38. The highest BCUT2D eigenvalue weighted by molar-refractivity contribution is 4.71. The number of nitrogens with zero attached hydrogens (tertiary/aromatic N) is 1. The van der Waals surface area contributed by atoms with Gasteiger partial charge in [-0.1, -0.05) is 0 Å². The van der Waals surface area contributed by atoms with Gasteiger partial charge in [-0.25, -0.2) is 0 Å². The molecule has 0 aromatic carbocycles. The monoisotopic (exact) mass is 230 g/mol. The summed E-state index contributed by atoms with van der Waals surface area (Å²) in [6.45, 7) is 9.18. The van der Waals surface area contributed by atoms with Crippen molar-refractivity contribution in [2.45, 2.75) is 25.8 Å². The predicted molar refractivity (Wildman–Crippen MR) is 65.8 cm³/mol. The topological polar surface area (TPSA) is 33.7 Å². The highest BCUT2D eigenvalue weighted by Gasteiger charge is 2.11. The number of methoxy groups -OCH3 is 1. The van der Waals surface area contributed by atoms with Crippen molar-refractivity contribution in [1.29, 1.82) is 0 Å². The Kier molecular flexibility index (Phi) is 7.76. The highest BCUT2D eigenvalue weighted by atomic mass is 16.5. The quantitative estimate of drug-likeness (QED) is 0.654. The van der Waals surface area contributed by atoms with E-state index in [1.165, 1.54) is 19.5 Å². The molecule has 1 aliphatic rings. The van der Waals surface area contributed by atoms with E-state index >= 15 is 0 Å². The van der Waals surface area contributed by atoms with Crippen LogP contribution in [0.25, 0.3) is 0 Å². The van der Waals surface area contributed by atoms with Crippen LogP contribution < -0.4 is 5.32 Å². The molecule has 1 rings (SSSR count). The minimum absolute atomic E-state index is 0.669. The molecule has 1 heterocycles. The minimum Gasteiger partial charge on any atom is -0.382 e.